The van der Waals surface area contributed by atoms with Crippen molar-refractivity contribution in [2.45, 2.75) is 0 Å². The van der Waals surface area contributed by atoms with Gasteiger partial charge in [-0.25, -0.2) is 4.98 Å². The van der Waals surface area contributed by atoms with Crippen LogP contribution in [0.1, 0.15) is 10.4 Å². The number of nitrogen functional groups attached to an aromatic ring is 1. The highest BCUT2D eigenvalue weighted by atomic mass is 32.1. The van der Waals surface area contributed by atoms with Crippen LogP contribution in [0.15, 0.2) is 23.6 Å². The fourth-order valence-electron chi connectivity index (χ4n) is 1.46. The third kappa shape index (κ3) is 3.83. The molecule has 0 saturated carbocycles. The van der Waals surface area contributed by atoms with Gasteiger partial charge >= 0.3 is 0 Å². The smallest absolute Gasteiger partial charge is 0.251 e. The van der Waals surface area contributed by atoms with E-state index in [0.29, 0.717) is 10.9 Å². The maximum absolute atomic E-state index is 11.8. The molecule has 0 saturated heterocycles. The van der Waals surface area contributed by atoms with E-state index in [0.717, 1.165) is 6.07 Å². The molecule has 8 nitrogen and oxygen atoms in total. The highest BCUT2D eigenvalue weighted by Gasteiger charge is 2.11. The van der Waals surface area contributed by atoms with Crippen molar-refractivity contribution in [1.82, 2.24) is 10.3 Å². The Morgan fingerprint density at radius 2 is 2.05 bits per heavy atom. The van der Waals surface area contributed by atoms with Gasteiger partial charge < -0.3 is 26.6 Å². The van der Waals surface area contributed by atoms with Gasteiger partial charge in [0.1, 0.15) is 5.82 Å². The molecule has 21 heavy (non-hydrogen) atoms. The fraction of sp³-hybridized carbons (Fsp3) is 0.0833. The van der Waals surface area contributed by atoms with Gasteiger partial charge in [-0.3, -0.25) is 9.59 Å². The minimum Gasteiger partial charge on any atom is -0.504 e. The van der Waals surface area contributed by atoms with E-state index in [2.05, 4.69) is 15.6 Å². The van der Waals surface area contributed by atoms with Gasteiger partial charge in [-0.05, 0) is 18.2 Å². The topological polar surface area (TPSA) is 138 Å². The van der Waals surface area contributed by atoms with Gasteiger partial charge in [0.15, 0.2) is 16.6 Å². The predicted molar refractivity (Wildman–Crippen MR) is 77.3 cm³/mol. The Morgan fingerprint density at radius 1 is 1.29 bits per heavy atom. The van der Waals surface area contributed by atoms with Crippen molar-refractivity contribution in [3.63, 3.8) is 0 Å². The van der Waals surface area contributed by atoms with Crippen LogP contribution in [-0.4, -0.2) is 33.6 Å². The number of carbonyl (C=O) groups is 2. The molecule has 0 spiro atoms. The van der Waals surface area contributed by atoms with Crippen LogP contribution in [0.4, 0.5) is 10.9 Å². The van der Waals surface area contributed by atoms with Crippen LogP contribution in [0.25, 0.3) is 0 Å². The second kappa shape index (κ2) is 6.09. The standard InChI is InChI=1S/C12H12N4O4S/c13-12-16-9(5-21-12)15-10(19)4-14-11(20)6-1-2-7(17)8(18)3-6/h1-3,5,17-18H,4H2,(H2,13,16)(H,14,20)(H,15,19). The summed E-state index contributed by atoms with van der Waals surface area (Å²) in [4.78, 5) is 27.2. The summed E-state index contributed by atoms with van der Waals surface area (Å²) in [5.74, 6) is -1.44. The van der Waals surface area contributed by atoms with Crippen LogP contribution in [0.5, 0.6) is 11.5 Å². The number of nitrogens with one attached hydrogen (secondary N) is 2. The van der Waals surface area contributed by atoms with Gasteiger partial charge in [0.25, 0.3) is 5.91 Å². The van der Waals surface area contributed by atoms with Crippen molar-refractivity contribution in [1.29, 1.82) is 0 Å². The molecule has 1 aromatic carbocycles. The van der Waals surface area contributed by atoms with Crippen LogP contribution >= 0.6 is 11.3 Å². The van der Waals surface area contributed by atoms with Crippen molar-refractivity contribution < 1.29 is 19.8 Å². The van der Waals surface area contributed by atoms with Gasteiger partial charge in [-0.2, -0.15) is 0 Å². The summed E-state index contributed by atoms with van der Waals surface area (Å²) in [6, 6.07) is 3.61. The summed E-state index contributed by atoms with van der Waals surface area (Å²) in [5, 5.41) is 25.2. The Morgan fingerprint density at radius 3 is 2.67 bits per heavy atom. The molecule has 2 aromatic rings. The van der Waals surface area contributed by atoms with E-state index in [1.54, 1.807) is 5.38 Å². The van der Waals surface area contributed by atoms with E-state index >= 15 is 0 Å². The number of anilines is 2. The average molecular weight is 308 g/mol. The summed E-state index contributed by atoms with van der Waals surface area (Å²) in [6.07, 6.45) is 0. The van der Waals surface area contributed by atoms with E-state index in [1.807, 2.05) is 0 Å². The Labute approximate surface area is 123 Å². The number of nitrogens with two attached hydrogens (primary N) is 1. The molecule has 0 aliphatic rings. The van der Waals surface area contributed by atoms with Crippen molar-refractivity contribution in [2.75, 3.05) is 17.6 Å². The first kappa shape index (κ1) is 14.6. The molecule has 0 aliphatic heterocycles. The monoisotopic (exact) mass is 308 g/mol. The molecule has 1 aromatic heterocycles. The summed E-state index contributed by atoms with van der Waals surface area (Å²) < 4.78 is 0. The molecule has 0 aliphatic carbocycles. The minimum absolute atomic E-state index is 0.121. The van der Waals surface area contributed by atoms with Gasteiger partial charge in [0.2, 0.25) is 5.91 Å². The molecule has 9 heteroatoms. The second-order valence-corrected chi connectivity index (χ2v) is 4.90. The molecular weight excluding hydrogens is 296 g/mol. The molecule has 6 N–H and O–H groups in total. The van der Waals surface area contributed by atoms with Crippen LogP contribution in [0, 0.1) is 0 Å². The van der Waals surface area contributed by atoms with Crippen LogP contribution in [0.3, 0.4) is 0 Å². The van der Waals surface area contributed by atoms with Gasteiger partial charge in [-0.15, -0.1) is 11.3 Å². The Kier molecular flexibility index (Phi) is 4.24. The first-order valence-corrected chi connectivity index (χ1v) is 6.64. The summed E-state index contributed by atoms with van der Waals surface area (Å²) in [7, 11) is 0. The normalized spacial score (nSPS) is 10.1. The minimum atomic E-state index is -0.557. The molecule has 2 rings (SSSR count). The van der Waals surface area contributed by atoms with E-state index < -0.39 is 17.6 Å². The van der Waals surface area contributed by atoms with Gasteiger partial charge in [0.05, 0.1) is 6.54 Å². The molecule has 0 fully saturated rings. The Bertz CT molecular complexity index is 686. The third-order valence-electron chi connectivity index (χ3n) is 2.44. The Hall–Kier alpha value is -2.81. The summed E-state index contributed by atoms with van der Waals surface area (Å²) >= 11 is 1.18. The lowest BCUT2D eigenvalue weighted by atomic mass is 10.2. The van der Waals surface area contributed by atoms with Crippen LogP contribution in [-0.2, 0) is 4.79 Å². The molecule has 110 valence electrons. The Balaban J connectivity index is 1.88. The quantitative estimate of drug-likeness (QED) is 0.522. The number of amides is 2. The lowest BCUT2D eigenvalue weighted by molar-refractivity contribution is -0.115. The summed E-state index contributed by atoms with van der Waals surface area (Å²) in [5.41, 5.74) is 5.54. The van der Waals surface area contributed by atoms with E-state index in [-0.39, 0.29) is 17.9 Å². The number of hydrogen-bond donors (Lipinski definition) is 5. The molecule has 2 amide bonds. The first-order chi connectivity index (χ1) is 9.95. The zero-order valence-electron chi connectivity index (χ0n) is 10.7. The number of benzene rings is 1. The summed E-state index contributed by atoms with van der Waals surface area (Å²) in [6.45, 7) is -0.266. The molecule has 0 unspecified atom stereocenters. The number of aromatic nitrogens is 1. The number of phenols is 2. The molecule has 1 heterocycles. The molecule has 0 atom stereocenters. The lowest BCUT2D eigenvalue weighted by Crippen LogP contribution is -2.32. The molecule has 0 radical (unpaired) electrons. The van der Waals surface area contributed by atoms with E-state index in [9.17, 15) is 14.7 Å². The zero-order valence-corrected chi connectivity index (χ0v) is 11.5. The number of hydrogen-bond acceptors (Lipinski definition) is 7. The number of carbonyl (C=O) groups excluding carboxylic acids is 2. The highest BCUT2D eigenvalue weighted by Crippen LogP contribution is 2.24. The van der Waals surface area contributed by atoms with Crippen LogP contribution in [0.2, 0.25) is 0 Å². The average Bonchev–Trinajstić information content (AvgIpc) is 2.84. The largest absolute Gasteiger partial charge is 0.504 e. The number of nitrogens with zero attached hydrogens (tertiary/aromatic N) is 1. The molecule has 0 bridgehead atoms. The zero-order chi connectivity index (χ0) is 15.4. The number of phenolic OH excluding ortho intramolecular Hbond substituents is 2. The number of aromatic hydroxyl groups is 2. The first-order valence-electron chi connectivity index (χ1n) is 5.76. The van der Waals surface area contributed by atoms with Gasteiger partial charge in [0, 0.05) is 10.9 Å². The highest BCUT2D eigenvalue weighted by molar-refractivity contribution is 7.13. The van der Waals surface area contributed by atoms with Crippen molar-refractivity contribution in [2.24, 2.45) is 0 Å². The second-order valence-electron chi connectivity index (χ2n) is 4.01. The maximum atomic E-state index is 11.8. The third-order valence-corrected chi connectivity index (χ3v) is 3.11. The van der Waals surface area contributed by atoms with Gasteiger partial charge in [-0.1, -0.05) is 0 Å². The van der Waals surface area contributed by atoms with Crippen molar-refractivity contribution in [3.05, 3.63) is 29.1 Å². The van der Waals surface area contributed by atoms with E-state index in [1.165, 1.54) is 23.5 Å². The van der Waals surface area contributed by atoms with Crippen molar-refractivity contribution >= 4 is 34.1 Å². The lowest BCUT2D eigenvalue weighted by Gasteiger charge is -2.06. The maximum Gasteiger partial charge on any atom is 0.251 e. The fourth-order valence-corrected chi connectivity index (χ4v) is 1.95. The van der Waals surface area contributed by atoms with Crippen molar-refractivity contribution in [3.8, 4) is 11.5 Å². The molecular formula is C12H12N4O4S. The predicted octanol–water partition coefficient (Wildman–Crippen LogP) is 0.505. The number of rotatable bonds is 4. The SMILES string of the molecule is Nc1nc(NC(=O)CNC(=O)c2ccc(O)c(O)c2)cs1. The van der Waals surface area contributed by atoms with Crippen LogP contribution < -0.4 is 16.4 Å². The van der Waals surface area contributed by atoms with E-state index in [4.69, 9.17) is 10.8 Å². The number of thiazole rings is 1.